The average molecular weight is 457 g/mol. The lowest BCUT2D eigenvalue weighted by Gasteiger charge is -2.37. The van der Waals surface area contributed by atoms with Gasteiger partial charge in [-0.2, -0.15) is 0 Å². The highest BCUT2D eigenvalue weighted by Gasteiger charge is 2.38. The summed E-state index contributed by atoms with van der Waals surface area (Å²) in [5.41, 5.74) is 8.36. The van der Waals surface area contributed by atoms with E-state index >= 15 is 0 Å². The van der Waals surface area contributed by atoms with Gasteiger partial charge in [-0.3, -0.25) is 4.79 Å². The van der Waals surface area contributed by atoms with Gasteiger partial charge in [-0.1, -0.05) is 91.0 Å². The number of hydrogen-bond donors (Lipinski definition) is 0. The van der Waals surface area contributed by atoms with E-state index in [1.54, 1.807) is 6.92 Å². The van der Waals surface area contributed by atoms with E-state index in [1.807, 2.05) is 12.1 Å². The first-order valence-corrected chi connectivity index (χ1v) is 12.4. The number of carbonyl (C=O) groups excluding carboxylic acids is 1. The topological polar surface area (TPSA) is 26.3 Å². The van der Waals surface area contributed by atoms with Crippen molar-refractivity contribution in [3.63, 3.8) is 0 Å². The Labute approximate surface area is 206 Å². The first kappa shape index (κ1) is 21.6. The summed E-state index contributed by atoms with van der Waals surface area (Å²) in [5, 5.41) is 0. The smallest absolute Gasteiger partial charge is 0.178 e. The molecule has 35 heavy (non-hydrogen) atoms. The van der Waals surface area contributed by atoms with E-state index in [0.29, 0.717) is 0 Å². The maximum Gasteiger partial charge on any atom is 0.178 e. The fourth-order valence-electron chi connectivity index (χ4n) is 5.52. The molecule has 2 nitrogen and oxygen atoms in total. The van der Waals surface area contributed by atoms with Crippen molar-refractivity contribution in [3.8, 4) is 5.75 Å². The lowest BCUT2D eigenvalue weighted by atomic mass is 9.82. The lowest BCUT2D eigenvalue weighted by Crippen LogP contribution is -2.35. The Kier molecular flexibility index (Phi) is 5.37. The third-order valence-electron chi connectivity index (χ3n) is 7.42. The first-order valence-electron chi connectivity index (χ1n) is 12.4. The van der Waals surface area contributed by atoms with Crippen molar-refractivity contribution in [1.82, 2.24) is 0 Å². The van der Waals surface area contributed by atoms with Gasteiger partial charge in [0.25, 0.3) is 0 Å². The molecule has 0 radical (unpaired) electrons. The molecule has 0 saturated carbocycles. The van der Waals surface area contributed by atoms with Crippen LogP contribution in [0.15, 0.2) is 97.1 Å². The fraction of sp³-hybridized carbons (Fsp3) is 0.182. The van der Waals surface area contributed by atoms with Crippen molar-refractivity contribution in [2.75, 3.05) is 0 Å². The van der Waals surface area contributed by atoms with Crippen molar-refractivity contribution in [2.24, 2.45) is 0 Å². The third-order valence-corrected chi connectivity index (χ3v) is 7.42. The van der Waals surface area contributed by atoms with E-state index in [-0.39, 0.29) is 5.78 Å². The van der Waals surface area contributed by atoms with Crippen LogP contribution in [0.25, 0.3) is 6.08 Å². The van der Waals surface area contributed by atoms with E-state index in [9.17, 15) is 4.79 Å². The lowest BCUT2D eigenvalue weighted by molar-refractivity contribution is 0.101. The minimum Gasteiger partial charge on any atom is -0.473 e. The molecule has 0 unspecified atom stereocenters. The van der Waals surface area contributed by atoms with Gasteiger partial charge < -0.3 is 4.74 Å². The number of aryl methyl sites for hydroxylation is 4. The van der Waals surface area contributed by atoms with E-state index in [2.05, 4.69) is 91.0 Å². The van der Waals surface area contributed by atoms with Gasteiger partial charge in [-0.15, -0.1) is 0 Å². The molecule has 0 amide bonds. The molecule has 4 bridgehead atoms. The molecule has 2 heteroatoms. The molecule has 4 aromatic carbocycles. The summed E-state index contributed by atoms with van der Waals surface area (Å²) in [5.74, 6) is 1.11. The molecule has 4 aliphatic carbocycles. The van der Waals surface area contributed by atoms with Crippen LogP contribution in [0.4, 0.5) is 0 Å². The molecule has 1 aliphatic heterocycles. The second kappa shape index (κ2) is 8.70. The quantitative estimate of drug-likeness (QED) is 0.307. The Hall–Kier alpha value is -3.91. The number of carbonyl (C=O) groups is 1. The number of benzene rings is 4. The Morgan fingerprint density at radius 1 is 0.714 bits per heavy atom. The number of ketones is 1. The molecule has 0 aromatic heterocycles. The van der Waals surface area contributed by atoms with Gasteiger partial charge in [0.15, 0.2) is 11.4 Å². The molecule has 0 saturated heterocycles. The second-order valence-corrected chi connectivity index (χ2v) is 9.58. The molecular weight excluding hydrogens is 428 g/mol. The second-order valence-electron chi connectivity index (χ2n) is 9.58. The normalized spacial score (nSPS) is 15.6. The summed E-state index contributed by atoms with van der Waals surface area (Å²) in [7, 11) is 0. The summed E-state index contributed by atoms with van der Waals surface area (Å²) in [6.07, 6.45) is 7.90. The standard InChI is InChI=1S/C33H28O2/c1-23(34)31-22-24-12-14-25-16-18-27(19-17-26(31)15-13-24)32-30(25)20-21-33(35-32,28-8-4-2-5-9-28)29-10-6-3-7-11-29/h2-11,13,15-16,18,20-22H,12,14,17,19H2,1H3. The van der Waals surface area contributed by atoms with E-state index in [0.717, 1.165) is 53.7 Å². The predicted molar refractivity (Wildman–Crippen MR) is 141 cm³/mol. The molecule has 0 fully saturated rings. The number of hydrogen-bond acceptors (Lipinski definition) is 2. The van der Waals surface area contributed by atoms with E-state index in [4.69, 9.17) is 4.74 Å². The van der Waals surface area contributed by atoms with Gasteiger partial charge in [0.2, 0.25) is 0 Å². The maximum atomic E-state index is 12.4. The SMILES string of the molecule is CC(=O)c1cc2ccc1CCc1ccc(c3c1OC(c1ccccc1)(c1ccccc1)C=C3)CC2. The zero-order valence-corrected chi connectivity index (χ0v) is 20.0. The first-order chi connectivity index (χ1) is 17.1. The Morgan fingerprint density at radius 2 is 1.31 bits per heavy atom. The van der Waals surface area contributed by atoms with Crippen molar-refractivity contribution in [1.29, 1.82) is 0 Å². The van der Waals surface area contributed by atoms with Crippen molar-refractivity contribution in [2.45, 2.75) is 38.2 Å². The molecule has 4 aromatic rings. The highest BCUT2D eigenvalue weighted by atomic mass is 16.5. The zero-order chi connectivity index (χ0) is 23.8. The van der Waals surface area contributed by atoms with Gasteiger partial charge in [-0.05, 0) is 67.0 Å². The van der Waals surface area contributed by atoms with Crippen LogP contribution in [-0.2, 0) is 31.3 Å². The summed E-state index contributed by atoms with van der Waals surface area (Å²) >= 11 is 0. The van der Waals surface area contributed by atoms with E-state index in [1.165, 1.54) is 22.3 Å². The van der Waals surface area contributed by atoms with Gasteiger partial charge in [0.1, 0.15) is 5.75 Å². The predicted octanol–water partition coefficient (Wildman–Crippen LogP) is 7.12. The summed E-state index contributed by atoms with van der Waals surface area (Å²) in [6, 6.07) is 31.9. The largest absolute Gasteiger partial charge is 0.473 e. The summed E-state index contributed by atoms with van der Waals surface area (Å²) in [6.45, 7) is 1.67. The highest BCUT2D eigenvalue weighted by Crippen LogP contribution is 2.45. The van der Waals surface area contributed by atoms with Gasteiger partial charge in [0.05, 0.1) is 0 Å². The highest BCUT2D eigenvalue weighted by molar-refractivity contribution is 5.95. The van der Waals surface area contributed by atoms with Crippen LogP contribution in [-0.4, -0.2) is 5.78 Å². The molecular formula is C33H28O2. The third kappa shape index (κ3) is 3.80. The zero-order valence-electron chi connectivity index (χ0n) is 20.0. The van der Waals surface area contributed by atoms with Crippen LogP contribution >= 0.6 is 0 Å². The molecule has 0 atom stereocenters. The molecule has 1 heterocycles. The molecule has 5 aliphatic rings. The van der Waals surface area contributed by atoms with Crippen LogP contribution in [0.2, 0.25) is 0 Å². The monoisotopic (exact) mass is 456 g/mol. The van der Waals surface area contributed by atoms with Crippen LogP contribution in [0, 0.1) is 0 Å². The molecule has 0 spiro atoms. The van der Waals surface area contributed by atoms with Gasteiger partial charge in [-0.25, -0.2) is 0 Å². The van der Waals surface area contributed by atoms with Crippen LogP contribution in [0.5, 0.6) is 5.75 Å². The fourth-order valence-corrected chi connectivity index (χ4v) is 5.52. The Balaban J connectivity index is 1.50. The Bertz CT molecular complexity index is 1390. The van der Waals surface area contributed by atoms with Crippen LogP contribution in [0.3, 0.4) is 0 Å². The van der Waals surface area contributed by atoms with Crippen LogP contribution in [0.1, 0.15) is 56.2 Å². The average Bonchev–Trinajstić information content (AvgIpc) is 2.90. The number of ether oxygens (including phenoxy) is 1. The molecule has 0 N–H and O–H groups in total. The van der Waals surface area contributed by atoms with Crippen LogP contribution < -0.4 is 4.74 Å². The molecule has 172 valence electrons. The molecule has 9 rings (SSSR count). The Morgan fingerprint density at radius 3 is 2.00 bits per heavy atom. The van der Waals surface area contributed by atoms with Crippen molar-refractivity contribution in [3.05, 3.63) is 142 Å². The number of Topliss-reactive ketones (excluding diaryl/α,β-unsaturated/α-hetero) is 1. The van der Waals surface area contributed by atoms with E-state index < -0.39 is 5.60 Å². The summed E-state index contributed by atoms with van der Waals surface area (Å²) < 4.78 is 7.11. The van der Waals surface area contributed by atoms with Crippen molar-refractivity contribution < 1.29 is 9.53 Å². The maximum absolute atomic E-state index is 12.4. The van der Waals surface area contributed by atoms with Gasteiger partial charge in [0, 0.05) is 22.3 Å². The summed E-state index contributed by atoms with van der Waals surface area (Å²) in [4.78, 5) is 12.4. The van der Waals surface area contributed by atoms with Gasteiger partial charge >= 0.3 is 0 Å². The van der Waals surface area contributed by atoms with Crippen molar-refractivity contribution >= 4 is 11.9 Å². The number of rotatable bonds is 3. The minimum absolute atomic E-state index is 0.140. The minimum atomic E-state index is -0.689.